The Balaban J connectivity index is 1.69. The number of hydrogen-bond acceptors (Lipinski definition) is 4. The third-order valence-electron chi connectivity index (χ3n) is 7.21. The Hall–Kier alpha value is -4.03. The highest BCUT2D eigenvalue weighted by Gasteiger charge is 2.33. The zero-order valence-corrected chi connectivity index (χ0v) is 27.2. The van der Waals surface area contributed by atoms with Gasteiger partial charge in [0, 0.05) is 29.6 Å². The molecule has 0 aliphatic heterocycles. The van der Waals surface area contributed by atoms with Gasteiger partial charge in [-0.05, 0) is 62.9 Å². The zero-order chi connectivity index (χ0) is 33.9. The molecule has 2 N–H and O–H groups in total. The maximum absolute atomic E-state index is 15.8. The number of rotatable bonds is 11. The Labute approximate surface area is 267 Å². The second-order valence-electron chi connectivity index (χ2n) is 12.0. The van der Waals surface area contributed by atoms with Crippen LogP contribution in [-0.4, -0.2) is 29.4 Å². The molecule has 1 heterocycles. The normalized spacial score (nSPS) is 12.4. The molecule has 4 rings (SSSR count). The molecule has 0 saturated heterocycles. The van der Waals surface area contributed by atoms with Gasteiger partial charge in [0.1, 0.15) is 17.3 Å². The van der Waals surface area contributed by atoms with Crippen molar-refractivity contribution in [1.29, 1.82) is 0 Å². The number of carbonyl (C=O) groups excluding carboxylic acids is 1. The van der Waals surface area contributed by atoms with E-state index < -0.39 is 39.0 Å². The van der Waals surface area contributed by atoms with Crippen LogP contribution < -0.4 is 10.0 Å². The Bertz CT molecular complexity index is 1830. The monoisotopic (exact) mass is 658 g/mol. The number of nitrogens with one attached hydrogen (secondary N) is 2. The van der Waals surface area contributed by atoms with Gasteiger partial charge in [-0.25, -0.2) is 22.5 Å². The molecule has 0 unspecified atom stereocenters. The summed E-state index contributed by atoms with van der Waals surface area (Å²) >= 11 is 0. The lowest BCUT2D eigenvalue weighted by Gasteiger charge is -2.21. The second-order valence-corrected chi connectivity index (χ2v) is 13.7. The van der Waals surface area contributed by atoms with Crippen molar-refractivity contribution in [1.82, 2.24) is 19.6 Å². The molecule has 0 radical (unpaired) electrons. The van der Waals surface area contributed by atoms with Crippen LogP contribution in [0.3, 0.4) is 0 Å². The van der Waals surface area contributed by atoms with Crippen molar-refractivity contribution >= 4 is 15.9 Å². The minimum Gasteiger partial charge on any atom is -0.347 e. The molecule has 0 aliphatic rings. The molecule has 4 aromatic rings. The Kier molecular flexibility index (Phi) is 10.4. The third kappa shape index (κ3) is 8.03. The van der Waals surface area contributed by atoms with Crippen molar-refractivity contribution in [2.24, 2.45) is 0 Å². The van der Waals surface area contributed by atoms with E-state index >= 15 is 4.39 Å². The van der Waals surface area contributed by atoms with E-state index in [1.165, 1.54) is 36.4 Å². The topological polar surface area (TPSA) is 93.1 Å². The standard InChI is InChI=1S/C34H38F4N4O3S/c1-6-12-30-40-28(7-2)31(32(43)39-20-23-13-8-10-15-26(23)34(36,37)38)42(30)21-24-18-17-22(19-27(24)35)25-14-9-11-16-29(25)46(44,45)41-33(3,4)5/h8-11,13-19,41H,6-7,12,20-21H2,1-5H3,(H,39,43). The largest absolute Gasteiger partial charge is 0.416 e. The number of hydrogen-bond donors (Lipinski definition) is 2. The fourth-order valence-corrected chi connectivity index (χ4v) is 6.91. The molecular formula is C34H38F4N4O3S. The number of imidazole rings is 1. The highest BCUT2D eigenvalue weighted by Crippen LogP contribution is 2.32. The predicted molar refractivity (Wildman–Crippen MR) is 169 cm³/mol. The summed E-state index contributed by atoms with van der Waals surface area (Å²) in [5.74, 6) is -0.687. The van der Waals surface area contributed by atoms with Crippen molar-refractivity contribution < 1.29 is 30.8 Å². The van der Waals surface area contributed by atoms with Crippen LogP contribution in [0.1, 0.15) is 79.7 Å². The average Bonchev–Trinajstić information content (AvgIpc) is 3.32. The molecule has 0 fully saturated rings. The maximum atomic E-state index is 15.8. The van der Waals surface area contributed by atoms with Gasteiger partial charge in [0.2, 0.25) is 10.0 Å². The molecule has 0 bridgehead atoms. The molecule has 246 valence electrons. The molecule has 7 nitrogen and oxygen atoms in total. The van der Waals surface area contributed by atoms with Crippen molar-refractivity contribution in [2.75, 3.05) is 0 Å². The van der Waals surface area contributed by atoms with Crippen LogP contribution in [0.25, 0.3) is 11.1 Å². The highest BCUT2D eigenvalue weighted by atomic mass is 32.2. The summed E-state index contributed by atoms with van der Waals surface area (Å²) in [6.07, 6.45) is -3.03. The molecule has 0 atom stereocenters. The van der Waals surface area contributed by atoms with E-state index in [9.17, 15) is 26.4 Å². The van der Waals surface area contributed by atoms with Crippen molar-refractivity contribution in [2.45, 2.75) is 83.6 Å². The summed E-state index contributed by atoms with van der Waals surface area (Å²) in [5, 5.41) is 2.61. The molecule has 0 aliphatic carbocycles. The van der Waals surface area contributed by atoms with Gasteiger partial charge in [-0.3, -0.25) is 4.79 Å². The first-order valence-corrected chi connectivity index (χ1v) is 16.5. The van der Waals surface area contributed by atoms with Gasteiger partial charge in [0.15, 0.2) is 0 Å². The molecular weight excluding hydrogens is 620 g/mol. The number of aryl methyl sites for hydroxylation is 2. The molecule has 3 aromatic carbocycles. The number of halogens is 4. The van der Waals surface area contributed by atoms with E-state index in [1.807, 2.05) is 13.8 Å². The summed E-state index contributed by atoms with van der Waals surface area (Å²) in [4.78, 5) is 18.2. The lowest BCUT2D eigenvalue weighted by molar-refractivity contribution is -0.138. The molecule has 46 heavy (non-hydrogen) atoms. The van der Waals surface area contributed by atoms with Gasteiger partial charge in [-0.15, -0.1) is 0 Å². The van der Waals surface area contributed by atoms with Crippen LogP contribution >= 0.6 is 0 Å². The van der Waals surface area contributed by atoms with Gasteiger partial charge in [0.25, 0.3) is 5.91 Å². The Morgan fingerprint density at radius 3 is 2.24 bits per heavy atom. The van der Waals surface area contributed by atoms with Crippen LogP contribution in [0.5, 0.6) is 0 Å². The van der Waals surface area contributed by atoms with Crippen molar-refractivity contribution in [3.63, 3.8) is 0 Å². The average molecular weight is 659 g/mol. The minimum absolute atomic E-state index is 0.00978. The third-order valence-corrected chi connectivity index (χ3v) is 9.03. The summed E-state index contributed by atoms with van der Waals surface area (Å²) in [7, 11) is -3.92. The van der Waals surface area contributed by atoms with Gasteiger partial charge in [0.05, 0.1) is 22.7 Å². The first-order chi connectivity index (χ1) is 21.6. The number of nitrogens with zero attached hydrogens (tertiary/aromatic N) is 2. The molecule has 0 spiro atoms. The summed E-state index contributed by atoms with van der Waals surface area (Å²) in [6.45, 7) is 8.50. The van der Waals surface area contributed by atoms with Crippen LogP contribution in [0, 0.1) is 5.82 Å². The quantitative estimate of drug-likeness (QED) is 0.166. The maximum Gasteiger partial charge on any atom is 0.416 e. The fraction of sp³-hybridized carbons (Fsp3) is 0.353. The van der Waals surface area contributed by atoms with Crippen molar-refractivity contribution in [3.05, 3.63) is 106 Å². The van der Waals surface area contributed by atoms with E-state index in [0.29, 0.717) is 41.9 Å². The lowest BCUT2D eigenvalue weighted by atomic mass is 10.0. The summed E-state index contributed by atoms with van der Waals surface area (Å²) in [5.41, 5.74) is -0.134. The van der Waals surface area contributed by atoms with Crippen LogP contribution in [0.2, 0.25) is 0 Å². The zero-order valence-electron chi connectivity index (χ0n) is 26.4. The number of amides is 1. The first kappa shape index (κ1) is 34.8. The van der Waals surface area contributed by atoms with Crippen LogP contribution in [-0.2, 0) is 42.1 Å². The van der Waals surface area contributed by atoms with Gasteiger partial charge >= 0.3 is 6.18 Å². The molecule has 0 saturated carbocycles. The number of benzene rings is 3. The van der Waals surface area contributed by atoms with E-state index in [4.69, 9.17) is 0 Å². The van der Waals surface area contributed by atoms with Gasteiger partial charge in [-0.2, -0.15) is 13.2 Å². The minimum atomic E-state index is -4.58. The molecule has 1 aromatic heterocycles. The molecule has 1 amide bonds. The predicted octanol–water partition coefficient (Wildman–Crippen LogP) is 7.28. The SMILES string of the molecule is CCCc1nc(CC)c(C(=O)NCc2ccccc2C(F)(F)F)n1Cc1ccc(-c2ccccc2S(=O)(=O)NC(C)(C)C)cc1F. The van der Waals surface area contributed by atoms with Gasteiger partial charge in [-0.1, -0.05) is 62.4 Å². The molecule has 12 heteroatoms. The number of aromatic nitrogens is 2. The highest BCUT2D eigenvalue weighted by molar-refractivity contribution is 7.89. The summed E-state index contributed by atoms with van der Waals surface area (Å²) in [6, 6.07) is 15.8. The first-order valence-electron chi connectivity index (χ1n) is 15.0. The van der Waals surface area contributed by atoms with E-state index in [1.54, 1.807) is 49.6 Å². The van der Waals surface area contributed by atoms with E-state index in [2.05, 4.69) is 15.0 Å². The fourth-order valence-electron chi connectivity index (χ4n) is 5.26. The number of carbonyl (C=O) groups is 1. The van der Waals surface area contributed by atoms with E-state index in [0.717, 1.165) is 6.07 Å². The smallest absolute Gasteiger partial charge is 0.347 e. The van der Waals surface area contributed by atoms with E-state index in [-0.39, 0.29) is 34.8 Å². The number of sulfonamides is 1. The number of alkyl halides is 3. The van der Waals surface area contributed by atoms with Gasteiger partial charge < -0.3 is 9.88 Å². The Morgan fingerprint density at radius 1 is 0.935 bits per heavy atom. The second kappa shape index (κ2) is 13.8. The van der Waals surface area contributed by atoms with Crippen molar-refractivity contribution in [3.8, 4) is 11.1 Å². The summed E-state index contributed by atoms with van der Waals surface area (Å²) < 4.78 is 87.0. The lowest BCUT2D eigenvalue weighted by Crippen LogP contribution is -2.40. The Morgan fingerprint density at radius 2 is 1.61 bits per heavy atom. The van der Waals surface area contributed by atoms with Crippen LogP contribution in [0.4, 0.5) is 17.6 Å². The van der Waals surface area contributed by atoms with Crippen LogP contribution in [0.15, 0.2) is 71.6 Å².